The Balaban J connectivity index is 1.31. The molecule has 0 bridgehead atoms. The first kappa shape index (κ1) is 14.7. The average Bonchev–Trinajstić information content (AvgIpc) is 3.33. The number of carbonyl (C=O) groups excluding carboxylic acids is 1. The topological polar surface area (TPSA) is 75.7 Å². The van der Waals surface area contributed by atoms with Crippen molar-refractivity contribution in [1.82, 2.24) is 19.5 Å². The molecule has 24 heavy (non-hydrogen) atoms. The van der Waals surface area contributed by atoms with Crippen molar-refractivity contribution in [2.75, 3.05) is 18.4 Å². The molecule has 0 aromatic carbocycles. The highest BCUT2D eigenvalue weighted by atomic mass is 16.3. The number of aryl methyl sites for hydroxylation is 1. The number of furan rings is 1. The maximum absolute atomic E-state index is 12.3. The van der Waals surface area contributed by atoms with Gasteiger partial charge in [0.05, 0.1) is 12.5 Å². The maximum atomic E-state index is 12.3. The molecule has 1 unspecified atom stereocenters. The van der Waals surface area contributed by atoms with Crippen LogP contribution >= 0.6 is 0 Å². The van der Waals surface area contributed by atoms with E-state index >= 15 is 0 Å². The van der Waals surface area contributed by atoms with E-state index in [4.69, 9.17) is 4.42 Å². The molecule has 124 valence electrons. The normalized spacial score (nSPS) is 17.5. The number of nitrogens with zero attached hydrogens (tertiary/aromatic N) is 4. The summed E-state index contributed by atoms with van der Waals surface area (Å²) in [7, 11) is 0. The number of likely N-dealkylation sites (tertiary alicyclic amines) is 1. The van der Waals surface area contributed by atoms with Gasteiger partial charge in [-0.2, -0.15) is 0 Å². The second-order valence-electron chi connectivity index (χ2n) is 6.05. The van der Waals surface area contributed by atoms with Crippen molar-refractivity contribution >= 4 is 17.4 Å². The number of imidazole rings is 1. The monoisotopic (exact) mass is 325 g/mol. The van der Waals surface area contributed by atoms with Crippen LogP contribution in [-0.2, 0) is 11.2 Å². The van der Waals surface area contributed by atoms with Gasteiger partial charge in [0.25, 0.3) is 0 Å². The van der Waals surface area contributed by atoms with Gasteiger partial charge in [0, 0.05) is 37.9 Å². The second kappa shape index (κ2) is 6.35. The van der Waals surface area contributed by atoms with Gasteiger partial charge in [0.15, 0.2) is 5.65 Å². The lowest BCUT2D eigenvalue weighted by molar-refractivity contribution is -0.130. The summed E-state index contributed by atoms with van der Waals surface area (Å²) in [6.07, 6.45) is 9.05. The standard InChI is InChI=1S/C17H19N5O2/c23-17(4-1-13-6-10-24-12-13)21-8-5-14(11-21)19-15-2-3-16-18-7-9-22(16)20-15/h2-3,6-7,9-10,12,14H,1,4-5,8,11H2,(H,19,20). The van der Waals surface area contributed by atoms with Crippen LogP contribution in [0.1, 0.15) is 18.4 Å². The largest absolute Gasteiger partial charge is 0.472 e. The first-order valence-corrected chi connectivity index (χ1v) is 8.14. The van der Waals surface area contributed by atoms with Crippen LogP contribution in [0.2, 0.25) is 0 Å². The van der Waals surface area contributed by atoms with Gasteiger partial charge in [-0.3, -0.25) is 4.79 Å². The molecule has 0 aliphatic carbocycles. The Bertz CT molecular complexity index is 827. The van der Waals surface area contributed by atoms with E-state index in [0.717, 1.165) is 36.4 Å². The summed E-state index contributed by atoms with van der Waals surface area (Å²) in [5, 5.41) is 7.88. The maximum Gasteiger partial charge on any atom is 0.222 e. The van der Waals surface area contributed by atoms with E-state index in [0.29, 0.717) is 13.0 Å². The van der Waals surface area contributed by atoms with Gasteiger partial charge in [-0.05, 0) is 36.6 Å². The van der Waals surface area contributed by atoms with Crippen LogP contribution in [0.3, 0.4) is 0 Å². The zero-order valence-corrected chi connectivity index (χ0v) is 13.3. The van der Waals surface area contributed by atoms with Crippen LogP contribution in [0.5, 0.6) is 0 Å². The summed E-state index contributed by atoms with van der Waals surface area (Å²) in [6, 6.07) is 5.99. The van der Waals surface area contributed by atoms with Crippen molar-refractivity contribution in [2.24, 2.45) is 0 Å². The van der Waals surface area contributed by atoms with E-state index in [1.165, 1.54) is 0 Å². The van der Waals surface area contributed by atoms with Crippen LogP contribution in [-0.4, -0.2) is 44.5 Å². The molecular formula is C17H19N5O2. The number of rotatable bonds is 5. The Labute approximate surface area is 139 Å². The van der Waals surface area contributed by atoms with Crippen molar-refractivity contribution in [3.63, 3.8) is 0 Å². The Hall–Kier alpha value is -2.83. The molecule has 7 heteroatoms. The lowest BCUT2D eigenvalue weighted by atomic mass is 10.2. The average molecular weight is 325 g/mol. The Morgan fingerprint density at radius 2 is 2.33 bits per heavy atom. The highest BCUT2D eigenvalue weighted by molar-refractivity contribution is 5.76. The summed E-state index contributed by atoms with van der Waals surface area (Å²) in [5.41, 5.74) is 1.89. The third kappa shape index (κ3) is 3.10. The number of carbonyl (C=O) groups is 1. The minimum absolute atomic E-state index is 0.193. The van der Waals surface area contributed by atoms with Gasteiger partial charge in [0.1, 0.15) is 5.82 Å². The molecule has 1 N–H and O–H groups in total. The molecule has 0 saturated carbocycles. The van der Waals surface area contributed by atoms with Crippen molar-refractivity contribution in [3.8, 4) is 0 Å². The van der Waals surface area contributed by atoms with Crippen LogP contribution in [0.25, 0.3) is 5.65 Å². The van der Waals surface area contributed by atoms with Crippen LogP contribution < -0.4 is 5.32 Å². The van der Waals surface area contributed by atoms with Crippen molar-refractivity contribution in [2.45, 2.75) is 25.3 Å². The number of aromatic nitrogens is 3. The molecule has 4 heterocycles. The fraction of sp³-hybridized carbons (Fsp3) is 0.353. The molecule has 3 aromatic rings. The third-order valence-corrected chi connectivity index (χ3v) is 4.36. The first-order chi connectivity index (χ1) is 11.8. The molecule has 3 aromatic heterocycles. The van der Waals surface area contributed by atoms with E-state index in [-0.39, 0.29) is 11.9 Å². The quantitative estimate of drug-likeness (QED) is 0.776. The number of anilines is 1. The second-order valence-corrected chi connectivity index (χ2v) is 6.05. The SMILES string of the molecule is O=C(CCc1ccoc1)N1CCC(Nc2ccc3nccn3n2)C1. The van der Waals surface area contributed by atoms with Gasteiger partial charge in [-0.1, -0.05) is 0 Å². The highest BCUT2D eigenvalue weighted by Crippen LogP contribution is 2.16. The Morgan fingerprint density at radius 3 is 3.21 bits per heavy atom. The smallest absolute Gasteiger partial charge is 0.222 e. The number of nitrogens with one attached hydrogen (secondary N) is 1. The predicted molar refractivity (Wildman–Crippen MR) is 88.6 cm³/mol. The minimum Gasteiger partial charge on any atom is -0.472 e. The predicted octanol–water partition coefficient (Wildman–Crippen LogP) is 1.97. The lowest BCUT2D eigenvalue weighted by Crippen LogP contribution is -2.31. The summed E-state index contributed by atoms with van der Waals surface area (Å²) >= 11 is 0. The van der Waals surface area contributed by atoms with Gasteiger partial charge < -0.3 is 14.6 Å². The van der Waals surface area contributed by atoms with Gasteiger partial charge in [0.2, 0.25) is 5.91 Å². The lowest BCUT2D eigenvalue weighted by Gasteiger charge is -2.17. The van der Waals surface area contributed by atoms with Crippen molar-refractivity contribution in [1.29, 1.82) is 0 Å². The Kier molecular flexibility index (Phi) is 3.90. The van der Waals surface area contributed by atoms with Crippen molar-refractivity contribution < 1.29 is 9.21 Å². The minimum atomic E-state index is 0.193. The van der Waals surface area contributed by atoms with Gasteiger partial charge in [-0.25, -0.2) is 9.50 Å². The molecule has 4 rings (SSSR count). The molecule has 1 saturated heterocycles. The van der Waals surface area contributed by atoms with E-state index in [1.54, 1.807) is 23.2 Å². The molecule has 0 radical (unpaired) electrons. The van der Waals surface area contributed by atoms with Crippen LogP contribution in [0, 0.1) is 0 Å². The highest BCUT2D eigenvalue weighted by Gasteiger charge is 2.26. The van der Waals surface area contributed by atoms with Crippen LogP contribution in [0.15, 0.2) is 47.5 Å². The molecule has 7 nitrogen and oxygen atoms in total. The van der Waals surface area contributed by atoms with E-state index in [1.807, 2.05) is 29.3 Å². The molecule has 1 amide bonds. The Morgan fingerprint density at radius 1 is 1.38 bits per heavy atom. The van der Waals surface area contributed by atoms with E-state index in [9.17, 15) is 4.79 Å². The van der Waals surface area contributed by atoms with E-state index in [2.05, 4.69) is 15.4 Å². The molecular weight excluding hydrogens is 306 g/mol. The third-order valence-electron chi connectivity index (χ3n) is 4.36. The molecule has 1 atom stereocenters. The number of hydrogen-bond donors (Lipinski definition) is 1. The first-order valence-electron chi connectivity index (χ1n) is 8.14. The fourth-order valence-corrected chi connectivity index (χ4v) is 3.05. The fourth-order valence-electron chi connectivity index (χ4n) is 3.05. The van der Waals surface area contributed by atoms with E-state index < -0.39 is 0 Å². The molecule has 1 aliphatic rings. The van der Waals surface area contributed by atoms with Gasteiger partial charge in [-0.15, -0.1) is 5.10 Å². The van der Waals surface area contributed by atoms with Crippen LogP contribution in [0.4, 0.5) is 5.82 Å². The molecule has 1 fully saturated rings. The number of fused-ring (bicyclic) bond motifs is 1. The molecule has 0 spiro atoms. The summed E-state index contributed by atoms with van der Waals surface area (Å²) in [6.45, 7) is 1.50. The van der Waals surface area contributed by atoms with Gasteiger partial charge >= 0.3 is 0 Å². The summed E-state index contributed by atoms with van der Waals surface area (Å²) in [4.78, 5) is 18.4. The molecule has 1 aliphatic heterocycles. The summed E-state index contributed by atoms with van der Waals surface area (Å²) < 4.78 is 6.77. The number of hydrogen-bond acceptors (Lipinski definition) is 5. The zero-order chi connectivity index (χ0) is 16.4. The van der Waals surface area contributed by atoms with Crippen molar-refractivity contribution in [3.05, 3.63) is 48.7 Å². The number of amides is 1. The zero-order valence-electron chi connectivity index (χ0n) is 13.3. The summed E-state index contributed by atoms with van der Waals surface area (Å²) in [5.74, 6) is 0.997.